The summed E-state index contributed by atoms with van der Waals surface area (Å²) >= 11 is 1.12. The fourth-order valence-electron chi connectivity index (χ4n) is 2.28. The number of furan rings is 1. The smallest absolute Gasteiger partial charge is 0.254 e. The number of amides is 3. The average molecular weight is 402 g/mol. The van der Waals surface area contributed by atoms with Crippen LogP contribution in [0.25, 0.3) is 11.3 Å². The second-order valence-electron chi connectivity index (χ2n) is 5.66. The van der Waals surface area contributed by atoms with Gasteiger partial charge in [-0.1, -0.05) is 0 Å². The van der Waals surface area contributed by atoms with Crippen molar-refractivity contribution >= 4 is 39.9 Å². The van der Waals surface area contributed by atoms with Gasteiger partial charge in [0.15, 0.2) is 5.13 Å². The van der Waals surface area contributed by atoms with E-state index in [0.29, 0.717) is 16.9 Å². The van der Waals surface area contributed by atoms with Crippen LogP contribution in [0.1, 0.15) is 17.3 Å². The number of carbonyl (C=O) groups excluding carboxylic acids is 3. The molecule has 8 nitrogen and oxygen atoms in total. The molecule has 0 unspecified atom stereocenters. The molecular formula is C18H15FN4O4S. The Labute approximate surface area is 162 Å². The number of halogens is 1. The molecule has 0 radical (unpaired) electrons. The van der Waals surface area contributed by atoms with Crippen molar-refractivity contribution < 1.29 is 23.2 Å². The number of nitrogens with zero attached hydrogens (tertiary/aromatic N) is 1. The van der Waals surface area contributed by atoms with Crippen LogP contribution in [0.5, 0.6) is 0 Å². The molecule has 3 rings (SSSR count). The molecule has 0 fully saturated rings. The minimum atomic E-state index is -0.554. The van der Waals surface area contributed by atoms with E-state index >= 15 is 0 Å². The standard InChI is InChI=1S/C18H15FN4O4S/c1-10(24)21-12-2-3-13(14(19)6-12)15-9-28-18(22-15)23-16(25)7-20-17(26)11-4-5-27-8-11/h2-6,8-9H,7H2,1H3,(H,20,26)(H,21,24)(H,22,23,25). The summed E-state index contributed by atoms with van der Waals surface area (Å²) in [5, 5.41) is 9.34. The van der Waals surface area contributed by atoms with Gasteiger partial charge in [-0.25, -0.2) is 9.37 Å². The molecule has 1 aromatic carbocycles. The van der Waals surface area contributed by atoms with Gasteiger partial charge in [0.1, 0.15) is 12.1 Å². The molecule has 0 aliphatic rings. The van der Waals surface area contributed by atoms with Crippen LogP contribution in [0.2, 0.25) is 0 Å². The highest BCUT2D eigenvalue weighted by atomic mass is 32.1. The number of anilines is 2. The lowest BCUT2D eigenvalue weighted by Crippen LogP contribution is -2.32. The van der Waals surface area contributed by atoms with Gasteiger partial charge in [-0.2, -0.15) is 0 Å². The lowest BCUT2D eigenvalue weighted by Gasteiger charge is -2.05. The Morgan fingerprint density at radius 1 is 1.21 bits per heavy atom. The summed E-state index contributed by atoms with van der Waals surface area (Å²) in [6.45, 7) is 1.08. The van der Waals surface area contributed by atoms with Gasteiger partial charge in [0.25, 0.3) is 5.91 Å². The van der Waals surface area contributed by atoms with Gasteiger partial charge in [-0.15, -0.1) is 11.3 Å². The fourth-order valence-corrected chi connectivity index (χ4v) is 3.01. The van der Waals surface area contributed by atoms with Crippen molar-refractivity contribution in [2.75, 3.05) is 17.2 Å². The largest absolute Gasteiger partial charge is 0.472 e. The lowest BCUT2D eigenvalue weighted by molar-refractivity contribution is -0.115. The van der Waals surface area contributed by atoms with Crippen LogP contribution in [0, 0.1) is 5.82 Å². The molecule has 0 bridgehead atoms. The summed E-state index contributed by atoms with van der Waals surface area (Å²) in [5.74, 6) is -1.77. The monoisotopic (exact) mass is 402 g/mol. The molecule has 144 valence electrons. The van der Waals surface area contributed by atoms with E-state index in [0.717, 1.165) is 11.3 Å². The van der Waals surface area contributed by atoms with Crippen molar-refractivity contribution in [2.24, 2.45) is 0 Å². The van der Waals surface area contributed by atoms with Crippen LogP contribution in [0.4, 0.5) is 15.2 Å². The molecule has 0 aliphatic carbocycles. The van der Waals surface area contributed by atoms with E-state index in [9.17, 15) is 18.8 Å². The number of hydrogen-bond donors (Lipinski definition) is 3. The quantitative estimate of drug-likeness (QED) is 0.587. The first-order valence-corrected chi connectivity index (χ1v) is 8.93. The number of benzene rings is 1. The summed E-state index contributed by atoms with van der Waals surface area (Å²) in [7, 11) is 0. The molecule has 0 saturated carbocycles. The molecule has 0 saturated heterocycles. The van der Waals surface area contributed by atoms with E-state index in [4.69, 9.17) is 4.42 Å². The zero-order chi connectivity index (χ0) is 20.1. The fraction of sp³-hybridized carbons (Fsp3) is 0.111. The molecule has 2 heterocycles. The van der Waals surface area contributed by atoms with Crippen molar-refractivity contribution in [1.29, 1.82) is 0 Å². The maximum absolute atomic E-state index is 14.3. The molecule has 0 aliphatic heterocycles. The third kappa shape index (κ3) is 4.80. The number of hydrogen-bond acceptors (Lipinski definition) is 6. The second-order valence-corrected chi connectivity index (χ2v) is 6.51. The van der Waals surface area contributed by atoms with E-state index in [-0.39, 0.29) is 23.1 Å². The maximum atomic E-state index is 14.3. The average Bonchev–Trinajstić information content (AvgIpc) is 3.31. The Morgan fingerprint density at radius 3 is 2.71 bits per heavy atom. The van der Waals surface area contributed by atoms with Crippen LogP contribution in [-0.2, 0) is 9.59 Å². The summed E-state index contributed by atoms with van der Waals surface area (Å²) < 4.78 is 19.1. The first-order valence-electron chi connectivity index (χ1n) is 8.05. The Morgan fingerprint density at radius 2 is 2.04 bits per heavy atom. The normalized spacial score (nSPS) is 10.4. The van der Waals surface area contributed by atoms with Crippen LogP contribution >= 0.6 is 11.3 Å². The van der Waals surface area contributed by atoms with E-state index in [2.05, 4.69) is 20.9 Å². The minimum absolute atomic E-state index is 0.235. The Bertz CT molecular complexity index is 1020. The summed E-state index contributed by atoms with van der Waals surface area (Å²) in [6, 6.07) is 5.72. The molecular weight excluding hydrogens is 387 g/mol. The highest BCUT2D eigenvalue weighted by molar-refractivity contribution is 7.14. The summed E-state index contributed by atoms with van der Waals surface area (Å²) in [4.78, 5) is 38.9. The third-order valence-electron chi connectivity index (χ3n) is 3.51. The van der Waals surface area contributed by atoms with E-state index in [1.54, 1.807) is 11.4 Å². The zero-order valence-electron chi connectivity index (χ0n) is 14.6. The Kier molecular flexibility index (Phi) is 5.80. The van der Waals surface area contributed by atoms with Crippen molar-refractivity contribution in [3.8, 4) is 11.3 Å². The molecule has 0 atom stereocenters. The maximum Gasteiger partial charge on any atom is 0.254 e. The summed E-state index contributed by atoms with van der Waals surface area (Å²) in [6.07, 6.45) is 2.63. The Hall–Kier alpha value is -3.53. The van der Waals surface area contributed by atoms with Gasteiger partial charge in [-0.3, -0.25) is 14.4 Å². The van der Waals surface area contributed by atoms with Gasteiger partial charge in [-0.05, 0) is 24.3 Å². The molecule has 3 amide bonds. The molecule has 3 N–H and O–H groups in total. The van der Waals surface area contributed by atoms with E-state index in [1.807, 2.05) is 0 Å². The van der Waals surface area contributed by atoms with Crippen LogP contribution in [0.3, 0.4) is 0 Å². The van der Waals surface area contributed by atoms with Gasteiger partial charge in [0.05, 0.1) is 24.1 Å². The second kappa shape index (κ2) is 8.44. The predicted molar refractivity (Wildman–Crippen MR) is 101 cm³/mol. The highest BCUT2D eigenvalue weighted by Gasteiger charge is 2.13. The molecule has 2 aromatic heterocycles. The van der Waals surface area contributed by atoms with Crippen molar-refractivity contribution in [2.45, 2.75) is 6.92 Å². The number of rotatable bonds is 6. The Balaban J connectivity index is 1.60. The topological polar surface area (TPSA) is 113 Å². The van der Waals surface area contributed by atoms with Crippen molar-refractivity contribution in [3.63, 3.8) is 0 Å². The first-order chi connectivity index (χ1) is 13.4. The van der Waals surface area contributed by atoms with Crippen LogP contribution in [0.15, 0.2) is 46.6 Å². The third-order valence-corrected chi connectivity index (χ3v) is 4.27. The minimum Gasteiger partial charge on any atom is -0.472 e. The zero-order valence-corrected chi connectivity index (χ0v) is 15.4. The van der Waals surface area contributed by atoms with Crippen LogP contribution in [-0.4, -0.2) is 29.3 Å². The number of nitrogens with one attached hydrogen (secondary N) is 3. The van der Waals surface area contributed by atoms with Crippen molar-refractivity contribution in [3.05, 3.63) is 53.6 Å². The van der Waals surface area contributed by atoms with Gasteiger partial charge < -0.3 is 20.4 Å². The summed E-state index contributed by atoms with van der Waals surface area (Å²) in [5.41, 5.74) is 1.22. The van der Waals surface area contributed by atoms with E-state index < -0.39 is 17.6 Å². The highest BCUT2D eigenvalue weighted by Crippen LogP contribution is 2.28. The lowest BCUT2D eigenvalue weighted by atomic mass is 10.1. The SMILES string of the molecule is CC(=O)Nc1ccc(-c2csc(NC(=O)CNC(=O)c3ccoc3)n2)c(F)c1. The number of carbonyl (C=O) groups is 3. The first kappa shape index (κ1) is 19.2. The van der Waals surface area contributed by atoms with E-state index in [1.165, 1.54) is 37.6 Å². The predicted octanol–water partition coefficient (Wildman–Crippen LogP) is 2.87. The van der Waals surface area contributed by atoms with Crippen molar-refractivity contribution in [1.82, 2.24) is 10.3 Å². The molecule has 3 aromatic rings. The molecule has 28 heavy (non-hydrogen) atoms. The molecule has 0 spiro atoms. The number of aromatic nitrogens is 1. The van der Waals surface area contributed by atoms with Gasteiger partial charge in [0.2, 0.25) is 11.8 Å². The number of thiazole rings is 1. The van der Waals surface area contributed by atoms with Crippen LogP contribution < -0.4 is 16.0 Å². The molecule has 10 heteroatoms. The van der Waals surface area contributed by atoms with Gasteiger partial charge in [0, 0.05) is 23.6 Å². The van der Waals surface area contributed by atoms with Gasteiger partial charge >= 0.3 is 0 Å².